The summed E-state index contributed by atoms with van der Waals surface area (Å²) in [6.07, 6.45) is 1.17. The smallest absolute Gasteiger partial charge is 0.229 e. The average Bonchev–Trinajstić information content (AvgIpc) is 2.27. The molecule has 0 unspecified atom stereocenters. The molecule has 0 N–H and O–H groups in total. The second-order valence-corrected chi connectivity index (χ2v) is 4.66. The third-order valence-electron chi connectivity index (χ3n) is 3.04. The SMILES string of the molecule is O=C(Cl)[C@H]1CC[C@@H](C(=O)Cl)c2ccccc21. The highest BCUT2D eigenvalue weighted by molar-refractivity contribution is 6.65. The fraction of sp³-hybridized carbons (Fsp3) is 0.333. The van der Waals surface area contributed by atoms with Crippen molar-refractivity contribution in [2.45, 2.75) is 24.7 Å². The highest BCUT2D eigenvalue weighted by Gasteiger charge is 2.33. The minimum Gasteiger partial charge on any atom is -0.281 e. The van der Waals surface area contributed by atoms with Gasteiger partial charge in [-0.05, 0) is 47.2 Å². The van der Waals surface area contributed by atoms with E-state index in [-0.39, 0.29) is 22.3 Å². The van der Waals surface area contributed by atoms with Gasteiger partial charge in [0.05, 0.1) is 11.8 Å². The van der Waals surface area contributed by atoms with Crippen LogP contribution in [0, 0.1) is 0 Å². The van der Waals surface area contributed by atoms with E-state index in [0.717, 1.165) is 11.1 Å². The Labute approximate surface area is 104 Å². The zero-order valence-electron chi connectivity index (χ0n) is 8.45. The van der Waals surface area contributed by atoms with E-state index >= 15 is 0 Å². The number of hydrogen-bond donors (Lipinski definition) is 0. The van der Waals surface area contributed by atoms with Crippen molar-refractivity contribution in [1.82, 2.24) is 0 Å². The van der Waals surface area contributed by atoms with E-state index in [1.807, 2.05) is 24.3 Å². The van der Waals surface area contributed by atoms with Gasteiger partial charge in [-0.25, -0.2) is 0 Å². The molecule has 4 heteroatoms. The van der Waals surface area contributed by atoms with E-state index in [2.05, 4.69) is 0 Å². The highest BCUT2D eigenvalue weighted by atomic mass is 35.5. The Balaban J connectivity index is 2.48. The number of rotatable bonds is 2. The molecular formula is C12H10Cl2O2. The standard InChI is InChI=1S/C12H10Cl2O2/c13-11(15)9-5-6-10(12(14)16)8-4-2-1-3-7(8)9/h1-4,9-10H,5-6H2/t9-,10+. The number of carbonyl (C=O) groups is 2. The van der Waals surface area contributed by atoms with Gasteiger partial charge in [-0.1, -0.05) is 24.3 Å². The Morgan fingerprint density at radius 1 is 0.938 bits per heavy atom. The fourth-order valence-electron chi connectivity index (χ4n) is 2.26. The van der Waals surface area contributed by atoms with E-state index in [1.165, 1.54) is 0 Å². The molecule has 1 aromatic carbocycles. The van der Waals surface area contributed by atoms with Crippen LogP contribution in [-0.2, 0) is 9.59 Å². The van der Waals surface area contributed by atoms with Crippen LogP contribution in [0.3, 0.4) is 0 Å². The molecule has 0 fully saturated rings. The molecule has 0 aromatic heterocycles. The van der Waals surface area contributed by atoms with Crippen molar-refractivity contribution < 1.29 is 9.59 Å². The summed E-state index contributed by atoms with van der Waals surface area (Å²) in [6.45, 7) is 0. The molecule has 0 amide bonds. The Morgan fingerprint density at radius 2 is 1.31 bits per heavy atom. The lowest BCUT2D eigenvalue weighted by Crippen LogP contribution is -2.21. The summed E-state index contributed by atoms with van der Waals surface area (Å²) in [5.74, 6) is -0.602. The number of fused-ring (bicyclic) bond motifs is 1. The summed E-state index contributed by atoms with van der Waals surface area (Å²) in [6, 6.07) is 7.36. The predicted octanol–water partition coefficient (Wildman–Crippen LogP) is 3.18. The molecule has 2 nitrogen and oxygen atoms in total. The topological polar surface area (TPSA) is 34.1 Å². The number of carbonyl (C=O) groups excluding carboxylic acids is 2. The molecule has 0 radical (unpaired) electrons. The van der Waals surface area contributed by atoms with Gasteiger partial charge in [-0.2, -0.15) is 0 Å². The second kappa shape index (κ2) is 4.56. The first-order valence-corrected chi connectivity index (χ1v) is 5.84. The zero-order chi connectivity index (χ0) is 11.7. The number of benzene rings is 1. The molecule has 0 spiro atoms. The van der Waals surface area contributed by atoms with Crippen LogP contribution in [0.25, 0.3) is 0 Å². The lowest BCUT2D eigenvalue weighted by atomic mass is 9.77. The molecule has 0 aliphatic heterocycles. The molecule has 1 aliphatic carbocycles. The lowest BCUT2D eigenvalue weighted by Gasteiger charge is -2.27. The van der Waals surface area contributed by atoms with Crippen LogP contribution in [0.5, 0.6) is 0 Å². The van der Waals surface area contributed by atoms with Gasteiger partial charge in [0, 0.05) is 0 Å². The number of hydrogen-bond acceptors (Lipinski definition) is 2. The third-order valence-corrected chi connectivity index (χ3v) is 3.57. The fourth-order valence-corrected chi connectivity index (χ4v) is 2.71. The largest absolute Gasteiger partial charge is 0.281 e. The van der Waals surface area contributed by atoms with Crippen molar-refractivity contribution in [1.29, 1.82) is 0 Å². The Morgan fingerprint density at radius 3 is 1.62 bits per heavy atom. The summed E-state index contributed by atoms with van der Waals surface area (Å²) in [5, 5.41) is -0.735. The van der Waals surface area contributed by atoms with Gasteiger partial charge in [0.25, 0.3) is 0 Å². The quantitative estimate of drug-likeness (QED) is 0.762. The minimum absolute atomic E-state index is 0.301. The molecule has 1 aliphatic rings. The Kier molecular flexibility index (Phi) is 3.31. The Bertz CT molecular complexity index is 401. The second-order valence-electron chi connectivity index (χ2n) is 3.92. The first-order valence-electron chi connectivity index (χ1n) is 5.08. The number of halogens is 2. The van der Waals surface area contributed by atoms with E-state index in [1.54, 1.807) is 0 Å². The molecule has 0 heterocycles. The van der Waals surface area contributed by atoms with E-state index in [9.17, 15) is 9.59 Å². The van der Waals surface area contributed by atoms with Crippen LogP contribution < -0.4 is 0 Å². The van der Waals surface area contributed by atoms with Crippen molar-refractivity contribution in [2.24, 2.45) is 0 Å². The molecular weight excluding hydrogens is 247 g/mol. The van der Waals surface area contributed by atoms with Crippen LogP contribution in [0.15, 0.2) is 24.3 Å². The summed E-state index contributed by atoms with van der Waals surface area (Å²) in [4.78, 5) is 22.6. The molecule has 2 rings (SSSR count). The molecule has 0 bridgehead atoms. The maximum Gasteiger partial charge on any atom is 0.229 e. The molecule has 0 saturated heterocycles. The first kappa shape index (κ1) is 11.6. The van der Waals surface area contributed by atoms with Crippen LogP contribution in [0.4, 0.5) is 0 Å². The van der Waals surface area contributed by atoms with Crippen LogP contribution in [0.1, 0.15) is 35.8 Å². The van der Waals surface area contributed by atoms with Crippen LogP contribution in [-0.4, -0.2) is 10.5 Å². The van der Waals surface area contributed by atoms with Crippen molar-refractivity contribution >= 4 is 33.7 Å². The van der Waals surface area contributed by atoms with Crippen molar-refractivity contribution in [3.8, 4) is 0 Å². The summed E-state index contributed by atoms with van der Waals surface area (Å²) < 4.78 is 0. The molecule has 1 aromatic rings. The summed E-state index contributed by atoms with van der Waals surface area (Å²) in [7, 11) is 0. The van der Waals surface area contributed by atoms with E-state index in [0.29, 0.717) is 12.8 Å². The van der Waals surface area contributed by atoms with E-state index in [4.69, 9.17) is 23.2 Å². The van der Waals surface area contributed by atoms with Gasteiger partial charge in [0.2, 0.25) is 10.5 Å². The summed E-state index contributed by atoms with van der Waals surface area (Å²) in [5.41, 5.74) is 1.68. The monoisotopic (exact) mass is 256 g/mol. The van der Waals surface area contributed by atoms with Crippen LogP contribution >= 0.6 is 23.2 Å². The van der Waals surface area contributed by atoms with Gasteiger partial charge in [0.15, 0.2) is 0 Å². The van der Waals surface area contributed by atoms with Gasteiger partial charge >= 0.3 is 0 Å². The summed E-state index contributed by atoms with van der Waals surface area (Å²) >= 11 is 11.1. The van der Waals surface area contributed by atoms with Crippen LogP contribution in [0.2, 0.25) is 0 Å². The van der Waals surface area contributed by atoms with Crippen molar-refractivity contribution in [3.63, 3.8) is 0 Å². The molecule has 84 valence electrons. The average molecular weight is 257 g/mol. The molecule has 2 atom stereocenters. The minimum atomic E-state index is -0.368. The maximum atomic E-state index is 11.3. The van der Waals surface area contributed by atoms with E-state index < -0.39 is 0 Å². The molecule has 0 saturated carbocycles. The lowest BCUT2D eigenvalue weighted by molar-refractivity contribution is -0.115. The van der Waals surface area contributed by atoms with Gasteiger partial charge < -0.3 is 0 Å². The molecule has 16 heavy (non-hydrogen) atoms. The van der Waals surface area contributed by atoms with Crippen molar-refractivity contribution in [2.75, 3.05) is 0 Å². The first-order chi connectivity index (χ1) is 7.61. The van der Waals surface area contributed by atoms with Gasteiger partial charge in [-0.3, -0.25) is 9.59 Å². The van der Waals surface area contributed by atoms with Gasteiger partial charge in [-0.15, -0.1) is 0 Å². The third kappa shape index (κ3) is 2.00. The van der Waals surface area contributed by atoms with Gasteiger partial charge in [0.1, 0.15) is 0 Å². The Hall–Kier alpha value is -0.860. The maximum absolute atomic E-state index is 11.3. The highest BCUT2D eigenvalue weighted by Crippen LogP contribution is 2.40. The normalized spacial score (nSPS) is 23.6. The zero-order valence-corrected chi connectivity index (χ0v) is 9.96. The predicted molar refractivity (Wildman–Crippen MR) is 62.9 cm³/mol. The van der Waals surface area contributed by atoms with Crippen molar-refractivity contribution in [3.05, 3.63) is 35.4 Å².